The molecule has 0 aliphatic heterocycles. The Balaban J connectivity index is 2.42. The van der Waals surface area contributed by atoms with E-state index >= 15 is 0 Å². The molecule has 1 amide bonds. The van der Waals surface area contributed by atoms with Crippen LogP contribution in [0, 0.1) is 0 Å². The minimum atomic E-state index is -1.45. The van der Waals surface area contributed by atoms with E-state index in [2.05, 4.69) is 4.98 Å². The summed E-state index contributed by atoms with van der Waals surface area (Å²) in [5, 5.41) is 9.67. The smallest absolute Gasteiger partial charge is 0.408 e. The van der Waals surface area contributed by atoms with Crippen LogP contribution in [0.1, 0.15) is 13.8 Å². The maximum absolute atomic E-state index is 11.9. The summed E-state index contributed by atoms with van der Waals surface area (Å²) in [6.45, 7) is 2.84. The van der Waals surface area contributed by atoms with E-state index in [1.165, 1.54) is 18.7 Å². The van der Waals surface area contributed by atoms with Gasteiger partial charge in [0.1, 0.15) is 5.60 Å². The second-order valence-corrected chi connectivity index (χ2v) is 4.62. The highest BCUT2D eigenvalue weighted by Gasteiger charge is 2.28. The number of hydrogen-bond acceptors (Lipinski definition) is 4. The summed E-state index contributed by atoms with van der Waals surface area (Å²) < 4.78 is 4.87. The molecular weight excluding hydrogens is 236 g/mol. The lowest BCUT2D eigenvalue weighted by Gasteiger charge is -2.24. The third kappa shape index (κ3) is 2.14. The van der Waals surface area contributed by atoms with Gasteiger partial charge in [0.05, 0.1) is 5.52 Å². The van der Waals surface area contributed by atoms with Gasteiger partial charge in [-0.2, -0.15) is 0 Å². The van der Waals surface area contributed by atoms with Crippen molar-refractivity contribution in [3.63, 3.8) is 0 Å². The van der Waals surface area contributed by atoms with Crippen LogP contribution in [0.2, 0.25) is 0 Å². The monoisotopic (exact) mass is 250 g/mol. The topological polar surface area (TPSA) is 86.5 Å². The number of fused-ring (bicyclic) bond motifs is 1. The van der Waals surface area contributed by atoms with Crippen LogP contribution in [-0.2, 0) is 4.79 Å². The molecule has 0 saturated heterocycles. The number of likely N-dealkylation sites (N-methyl/N-ethyl adjacent to an activating group) is 1. The molecule has 1 heterocycles. The van der Waals surface area contributed by atoms with Crippen LogP contribution in [0.3, 0.4) is 0 Å². The van der Waals surface area contributed by atoms with Crippen LogP contribution in [0.15, 0.2) is 27.4 Å². The number of aromatic amines is 1. The molecule has 0 fully saturated rings. The summed E-state index contributed by atoms with van der Waals surface area (Å²) in [5.41, 5.74) is 0.0421. The normalized spacial score (nSPS) is 11.8. The zero-order valence-electron chi connectivity index (χ0n) is 10.4. The Kier molecular flexibility index (Phi) is 2.74. The lowest BCUT2D eigenvalue weighted by atomic mass is 10.1. The first-order chi connectivity index (χ1) is 8.29. The molecule has 1 aromatic heterocycles. The molecule has 0 aliphatic carbocycles. The number of oxazole rings is 1. The van der Waals surface area contributed by atoms with Gasteiger partial charge in [0.2, 0.25) is 0 Å². The van der Waals surface area contributed by atoms with Gasteiger partial charge in [0.15, 0.2) is 5.58 Å². The van der Waals surface area contributed by atoms with Gasteiger partial charge in [0, 0.05) is 12.7 Å². The zero-order valence-corrected chi connectivity index (χ0v) is 10.4. The Morgan fingerprint density at radius 2 is 2.11 bits per heavy atom. The van der Waals surface area contributed by atoms with Crippen molar-refractivity contribution < 1.29 is 14.3 Å². The summed E-state index contributed by atoms with van der Waals surface area (Å²) >= 11 is 0. The molecule has 18 heavy (non-hydrogen) atoms. The SMILES string of the molecule is CN(C(=O)C(C)(C)O)c1ccc2oc(=O)[nH]c2c1. The molecule has 2 rings (SSSR count). The van der Waals surface area contributed by atoms with Crippen LogP contribution < -0.4 is 10.7 Å². The first-order valence-electron chi connectivity index (χ1n) is 5.42. The molecular formula is C12H14N2O4. The average Bonchev–Trinajstić information content (AvgIpc) is 2.64. The Labute approximate surface area is 103 Å². The molecule has 6 nitrogen and oxygen atoms in total. The van der Waals surface area contributed by atoms with Crippen molar-refractivity contribution in [2.45, 2.75) is 19.4 Å². The third-order valence-corrected chi connectivity index (χ3v) is 2.62. The minimum Gasteiger partial charge on any atom is -0.408 e. The molecule has 6 heteroatoms. The second kappa shape index (κ2) is 3.99. The lowest BCUT2D eigenvalue weighted by molar-refractivity contribution is -0.133. The summed E-state index contributed by atoms with van der Waals surface area (Å²) in [6.07, 6.45) is 0. The van der Waals surface area contributed by atoms with Crippen molar-refractivity contribution in [3.8, 4) is 0 Å². The number of nitrogens with zero attached hydrogens (tertiary/aromatic N) is 1. The maximum atomic E-state index is 11.9. The van der Waals surface area contributed by atoms with Crippen molar-refractivity contribution in [2.75, 3.05) is 11.9 Å². The van der Waals surface area contributed by atoms with Crippen LogP contribution in [0.5, 0.6) is 0 Å². The van der Waals surface area contributed by atoms with E-state index in [1.807, 2.05) is 0 Å². The van der Waals surface area contributed by atoms with Gasteiger partial charge in [-0.3, -0.25) is 9.78 Å². The molecule has 0 bridgehead atoms. The zero-order chi connectivity index (χ0) is 13.5. The molecule has 0 atom stereocenters. The van der Waals surface area contributed by atoms with E-state index in [-0.39, 0.29) is 0 Å². The highest BCUT2D eigenvalue weighted by molar-refractivity contribution is 5.99. The van der Waals surface area contributed by atoms with Crippen LogP contribution >= 0.6 is 0 Å². The van der Waals surface area contributed by atoms with Gasteiger partial charge >= 0.3 is 5.76 Å². The summed E-state index contributed by atoms with van der Waals surface area (Å²) in [6, 6.07) is 4.85. The van der Waals surface area contributed by atoms with Gasteiger partial charge in [-0.1, -0.05) is 0 Å². The van der Waals surface area contributed by atoms with Crippen molar-refractivity contribution in [2.24, 2.45) is 0 Å². The van der Waals surface area contributed by atoms with Crippen molar-refractivity contribution in [3.05, 3.63) is 28.7 Å². The number of anilines is 1. The van der Waals surface area contributed by atoms with E-state index < -0.39 is 17.3 Å². The van der Waals surface area contributed by atoms with Crippen molar-refractivity contribution >= 4 is 22.7 Å². The van der Waals surface area contributed by atoms with Crippen molar-refractivity contribution in [1.82, 2.24) is 4.98 Å². The maximum Gasteiger partial charge on any atom is 0.417 e. The minimum absolute atomic E-state index is 0.424. The van der Waals surface area contributed by atoms with Crippen molar-refractivity contribution in [1.29, 1.82) is 0 Å². The van der Waals surface area contributed by atoms with E-state index in [0.717, 1.165) is 0 Å². The molecule has 1 aromatic carbocycles. The van der Waals surface area contributed by atoms with Gasteiger partial charge in [0.25, 0.3) is 5.91 Å². The molecule has 2 N–H and O–H groups in total. The van der Waals surface area contributed by atoms with Crippen LogP contribution in [0.4, 0.5) is 5.69 Å². The van der Waals surface area contributed by atoms with E-state index in [4.69, 9.17) is 4.42 Å². The van der Waals surface area contributed by atoms with Gasteiger partial charge in [-0.25, -0.2) is 4.79 Å². The molecule has 0 radical (unpaired) electrons. The van der Waals surface area contributed by atoms with E-state index in [1.54, 1.807) is 25.2 Å². The van der Waals surface area contributed by atoms with Crippen LogP contribution in [0.25, 0.3) is 11.1 Å². The van der Waals surface area contributed by atoms with E-state index in [9.17, 15) is 14.7 Å². The van der Waals surface area contributed by atoms with Crippen LogP contribution in [-0.4, -0.2) is 28.6 Å². The number of aliphatic hydroxyl groups is 1. The fraction of sp³-hybridized carbons (Fsp3) is 0.333. The summed E-state index contributed by atoms with van der Waals surface area (Å²) in [5.74, 6) is -0.980. The van der Waals surface area contributed by atoms with Gasteiger partial charge in [-0.05, 0) is 32.0 Å². The molecule has 96 valence electrons. The quantitative estimate of drug-likeness (QED) is 0.827. The average molecular weight is 250 g/mol. The predicted octanol–water partition coefficient (Wildman–Crippen LogP) is 0.855. The number of nitrogens with one attached hydrogen (secondary N) is 1. The number of aromatic nitrogens is 1. The Hall–Kier alpha value is -2.08. The first-order valence-corrected chi connectivity index (χ1v) is 5.42. The first kappa shape index (κ1) is 12.4. The third-order valence-electron chi connectivity index (χ3n) is 2.62. The molecule has 2 aromatic rings. The molecule has 0 aliphatic rings. The fourth-order valence-electron chi connectivity index (χ4n) is 1.68. The molecule has 0 spiro atoms. The molecule has 0 saturated carbocycles. The highest BCUT2D eigenvalue weighted by atomic mass is 16.4. The Morgan fingerprint density at radius 3 is 2.72 bits per heavy atom. The summed E-state index contributed by atoms with van der Waals surface area (Å²) in [4.78, 5) is 26.7. The number of hydrogen-bond donors (Lipinski definition) is 2. The van der Waals surface area contributed by atoms with Gasteiger partial charge in [-0.15, -0.1) is 0 Å². The number of benzene rings is 1. The van der Waals surface area contributed by atoms with Gasteiger partial charge < -0.3 is 14.4 Å². The highest BCUT2D eigenvalue weighted by Crippen LogP contribution is 2.21. The summed E-state index contributed by atoms with van der Waals surface area (Å²) in [7, 11) is 1.56. The predicted molar refractivity (Wildman–Crippen MR) is 66.5 cm³/mol. The fourth-order valence-corrected chi connectivity index (χ4v) is 1.68. The number of carbonyl (C=O) groups is 1. The number of carbonyl (C=O) groups excluding carboxylic acids is 1. The molecule has 0 unspecified atom stereocenters. The second-order valence-electron chi connectivity index (χ2n) is 4.62. The van der Waals surface area contributed by atoms with E-state index in [0.29, 0.717) is 16.8 Å². The Bertz CT molecular complexity index is 648. The standard InChI is InChI=1S/C12H14N2O4/c1-12(2,17)10(15)14(3)7-4-5-9-8(6-7)13-11(16)18-9/h4-6,17H,1-3H3,(H,13,16). The lowest BCUT2D eigenvalue weighted by Crippen LogP contribution is -2.43. The number of rotatable bonds is 2. The largest absolute Gasteiger partial charge is 0.417 e. The number of H-pyrrole nitrogens is 1. The Morgan fingerprint density at radius 1 is 1.44 bits per heavy atom. The number of amides is 1.